The largest absolute Gasteiger partial charge is 0.480 e. The Morgan fingerprint density at radius 2 is 2.12 bits per heavy atom. The third kappa shape index (κ3) is 3.25. The molecule has 1 aliphatic heterocycles. The molecule has 1 N–H and O–H groups in total. The van der Waals surface area contributed by atoms with Gasteiger partial charge in [-0.15, -0.1) is 22.0 Å². The van der Waals surface area contributed by atoms with Crippen LogP contribution in [0, 0.1) is 6.92 Å². The molecule has 0 spiro atoms. The van der Waals surface area contributed by atoms with E-state index in [1.807, 2.05) is 18.2 Å². The van der Waals surface area contributed by atoms with Crippen molar-refractivity contribution in [3.63, 3.8) is 0 Å². The molecule has 0 bridgehead atoms. The number of nitrogens with zero attached hydrogens (tertiary/aromatic N) is 4. The molecule has 7 nitrogen and oxygen atoms in total. The Labute approximate surface area is 147 Å². The molecule has 0 radical (unpaired) electrons. The summed E-state index contributed by atoms with van der Waals surface area (Å²) in [5.41, 5.74) is 0. The molecule has 1 aliphatic rings. The van der Waals surface area contributed by atoms with Crippen molar-refractivity contribution in [1.29, 1.82) is 0 Å². The average Bonchev–Trinajstić information content (AvgIpc) is 2.93. The zero-order valence-corrected chi connectivity index (χ0v) is 14.4. The lowest BCUT2D eigenvalue weighted by Crippen LogP contribution is -2.51. The molecule has 0 fully saturated rings. The summed E-state index contributed by atoms with van der Waals surface area (Å²) in [6.45, 7) is 2.06. The number of rotatable bonds is 4. The molecule has 9 heteroatoms. The molecular formula is C15H15ClN4O3S. The van der Waals surface area contributed by atoms with Crippen LogP contribution < -0.4 is 0 Å². The second-order valence-corrected chi connectivity index (χ2v) is 6.79. The van der Waals surface area contributed by atoms with Gasteiger partial charge >= 0.3 is 5.97 Å². The average molecular weight is 367 g/mol. The van der Waals surface area contributed by atoms with E-state index in [9.17, 15) is 14.7 Å². The Bertz CT molecular complexity index is 795. The molecule has 126 valence electrons. The van der Waals surface area contributed by atoms with Gasteiger partial charge in [0.05, 0.1) is 23.9 Å². The SMILES string of the molecule is Cc1nnc2n1CC(C(=O)O)N(C(=O)CSc1ccccc1Cl)C2. The normalized spacial score (nSPS) is 16.8. The highest BCUT2D eigenvalue weighted by molar-refractivity contribution is 8.00. The van der Waals surface area contributed by atoms with Crippen molar-refractivity contribution in [3.8, 4) is 0 Å². The molecule has 1 amide bonds. The van der Waals surface area contributed by atoms with Crippen LogP contribution in [-0.2, 0) is 22.7 Å². The Morgan fingerprint density at radius 3 is 2.83 bits per heavy atom. The Kier molecular flexibility index (Phi) is 4.77. The third-order valence-electron chi connectivity index (χ3n) is 3.85. The van der Waals surface area contributed by atoms with Crippen molar-refractivity contribution in [3.05, 3.63) is 40.9 Å². The number of fused-ring (bicyclic) bond motifs is 1. The second-order valence-electron chi connectivity index (χ2n) is 5.37. The summed E-state index contributed by atoms with van der Waals surface area (Å²) in [6, 6.07) is 6.30. The lowest BCUT2D eigenvalue weighted by molar-refractivity contribution is -0.151. The topological polar surface area (TPSA) is 88.3 Å². The van der Waals surface area contributed by atoms with Crippen LogP contribution in [0.4, 0.5) is 0 Å². The van der Waals surface area contributed by atoms with Crippen molar-refractivity contribution in [1.82, 2.24) is 19.7 Å². The van der Waals surface area contributed by atoms with Gasteiger partial charge < -0.3 is 14.6 Å². The highest BCUT2D eigenvalue weighted by Crippen LogP contribution is 2.27. The van der Waals surface area contributed by atoms with Gasteiger partial charge in [0, 0.05) is 4.90 Å². The zero-order valence-electron chi connectivity index (χ0n) is 12.8. The summed E-state index contributed by atoms with van der Waals surface area (Å²) in [7, 11) is 0. The predicted octanol–water partition coefficient (Wildman–Crippen LogP) is 1.83. The molecule has 3 rings (SSSR count). The maximum atomic E-state index is 12.6. The van der Waals surface area contributed by atoms with Crippen molar-refractivity contribution in [2.24, 2.45) is 0 Å². The Hall–Kier alpha value is -2.06. The van der Waals surface area contributed by atoms with Crippen molar-refractivity contribution in [2.75, 3.05) is 5.75 Å². The first-order chi connectivity index (χ1) is 11.5. The van der Waals surface area contributed by atoms with Gasteiger partial charge in [-0.3, -0.25) is 4.79 Å². The smallest absolute Gasteiger partial charge is 0.328 e. The van der Waals surface area contributed by atoms with Gasteiger partial charge in [-0.2, -0.15) is 0 Å². The second kappa shape index (κ2) is 6.82. The number of carboxylic acid groups (broad SMARTS) is 1. The number of aromatic nitrogens is 3. The number of aliphatic carboxylic acids is 1. The van der Waals surface area contributed by atoms with E-state index in [1.165, 1.54) is 16.7 Å². The van der Waals surface area contributed by atoms with Gasteiger partial charge in [-0.1, -0.05) is 23.7 Å². The van der Waals surface area contributed by atoms with E-state index in [0.717, 1.165) is 4.90 Å². The minimum Gasteiger partial charge on any atom is -0.480 e. The van der Waals surface area contributed by atoms with Crippen LogP contribution in [0.5, 0.6) is 0 Å². The minimum atomic E-state index is -1.04. The van der Waals surface area contributed by atoms with Crippen LogP contribution in [0.1, 0.15) is 11.6 Å². The molecule has 0 aliphatic carbocycles. The first-order valence-electron chi connectivity index (χ1n) is 7.25. The maximum absolute atomic E-state index is 12.6. The number of carboxylic acids is 1. The predicted molar refractivity (Wildman–Crippen MR) is 88.9 cm³/mol. The van der Waals surface area contributed by atoms with E-state index in [4.69, 9.17) is 11.6 Å². The summed E-state index contributed by atoms with van der Waals surface area (Å²) >= 11 is 7.37. The standard InChI is InChI=1S/C15H15ClN4O3S/c1-9-17-18-13-7-20(11(15(22)23)6-19(9)13)14(21)8-24-12-5-3-2-4-10(12)16/h2-5,11H,6-8H2,1H3,(H,22,23). The highest BCUT2D eigenvalue weighted by Gasteiger charge is 2.36. The summed E-state index contributed by atoms with van der Waals surface area (Å²) in [5.74, 6) is 0.0552. The van der Waals surface area contributed by atoms with Crippen LogP contribution >= 0.6 is 23.4 Å². The van der Waals surface area contributed by atoms with Crippen LogP contribution in [0.2, 0.25) is 5.02 Å². The van der Waals surface area contributed by atoms with Crippen LogP contribution in [-0.4, -0.2) is 48.4 Å². The van der Waals surface area contributed by atoms with Gasteiger partial charge in [0.25, 0.3) is 0 Å². The number of benzene rings is 1. The first-order valence-corrected chi connectivity index (χ1v) is 8.62. The minimum absolute atomic E-state index is 0.112. The fourth-order valence-electron chi connectivity index (χ4n) is 2.57. The molecule has 24 heavy (non-hydrogen) atoms. The van der Waals surface area contributed by atoms with Crippen molar-refractivity contribution < 1.29 is 14.7 Å². The van der Waals surface area contributed by atoms with Crippen molar-refractivity contribution in [2.45, 2.75) is 31.0 Å². The van der Waals surface area contributed by atoms with Crippen LogP contribution in [0.15, 0.2) is 29.2 Å². The number of carbonyl (C=O) groups is 2. The lowest BCUT2D eigenvalue weighted by Gasteiger charge is -2.33. The van der Waals surface area contributed by atoms with Gasteiger partial charge in [0.15, 0.2) is 5.82 Å². The number of aryl methyl sites for hydroxylation is 1. The summed E-state index contributed by atoms with van der Waals surface area (Å²) < 4.78 is 1.74. The number of amides is 1. The number of hydrogen-bond acceptors (Lipinski definition) is 5. The summed E-state index contributed by atoms with van der Waals surface area (Å²) in [6.07, 6.45) is 0. The molecule has 2 heterocycles. The quantitative estimate of drug-likeness (QED) is 0.830. The molecule has 0 saturated carbocycles. The summed E-state index contributed by atoms with van der Waals surface area (Å²) in [4.78, 5) is 26.3. The van der Waals surface area contributed by atoms with E-state index < -0.39 is 12.0 Å². The molecule has 1 unspecified atom stereocenters. The van der Waals surface area contributed by atoms with Gasteiger partial charge in [0.1, 0.15) is 11.9 Å². The molecule has 1 aromatic heterocycles. The fraction of sp³-hybridized carbons (Fsp3) is 0.333. The van der Waals surface area contributed by atoms with Crippen LogP contribution in [0.3, 0.4) is 0 Å². The molecule has 1 atom stereocenters. The number of thioether (sulfide) groups is 1. The zero-order chi connectivity index (χ0) is 17.3. The maximum Gasteiger partial charge on any atom is 0.328 e. The summed E-state index contributed by atoms with van der Waals surface area (Å²) in [5, 5.41) is 18.0. The highest BCUT2D eigenvalue weighted by atomic mass is 35.5. The molecule has 0 saturated heterocycles. The molecule has 2 aromatic rings. The number of halogens is 1. The van der Waals surface area contributed by atoms with E-state index in [2.05, 4.69) is 10.2 Å². The molecule has 1 aromatic carbocycles. The monoisotopic (exact) mass is 366 g/mol. The number of carbonyl (C=O) groups excluding carboxylic acids is 1. The first kappa shape index (κ1) is 16.8. The Balaban J connectivity index is 1.75. The van der Waals surface area contributed by atoms with Gasteiger partial charge in [-0.25, -0.2) is 4.79 Å². The van der Waals surface area contributed by atoms with Gasteiger partial charge in [-0.05, 0) is 19.1 Å². The van der Waals surface area contributed by atoms with E-state index in [0.29, 0.717) is 16.7 Å². The van der Waals surface area contributed by atoms with Crippen molar-refractivity contribution >= 4 is 35.2 Å². The van der Waals surface area contributed by atoms with Crippen LogP contribution in [0.25, 0.3) is 0 Å². The van der Waals surface area contributed by atoms with Gasteiger partial charge in [0.2, 0.25) is 5.91 Å². The van der Waals surface area contributed by atoms with E-state index in [1.54, 1.807) is 17.6 Å². The fourth-order valence-corrected chi connectivity index (χ4v) is 3.70. The Morgan fingerprint density at radius 1 is 1.38 bits per heavy atom. The van der Waals surface area contributed by atoms with E-state index in [-0.39, 0.29) is 24.7 Å². The lowest BCUT2D eigenvalue weighted by atomic mass is 10.2. The van der Waals surface area contributed by atoms with E-state index >= 15 is 0 Å². The molecular weight excluding hydrogens is 352 g/mol. The third-order valence-corrected chi connectivity index (χ3v) is 5.35. The number of hydrogen-bond donors (Lipinski definition) is 1.